The number of ether oxygens (including phenoxy) is 1. The number of aromatic nitrogens is 2. The molecule has 3 rings (SSSR count). The van der Waals surface area contributed by atoms with Crippen LogP contribution < -0.4 is 10.0 Å². The smallest absolute Gasteiger partial charge is 0.254 e. The predicted octanol–water partition coefficient (Wildman–Crippen LogP) is 2.17. The SMILES string of the molecule is CC1(C)CCOC1CC(=O)NS(=O)(=O)CCCCNC(=O)c1cnn(-c2ccccc2F)c1. The number of unbranched alkanes of at least 4 members (excludes halogenated alkanes) is 1. The fourth-order valence-corrected chi connectivity index (χ4v) is 4.67. The first kappa shape index (κ1) is 24.8. The zero-order chi connectivity index (χ0) is 24.1. The molecule has 2 heterocycles. The number of rotatable bonds is 10. The average molecular weight is 481 g/mol. The fraction of sp³-hybridized carbons (Fsp3) is 0.500. The fourth-order valence-electron chi connectivity index (χ4n) is 3.55. The van der Waals surface area contributed by atoms with Gasteiger partial charge in [-0.05, 0) is 36.8 Å². The quantitative estimate of drug-likeness (QED) is 0.503. The van der Waals surface area contributed by atoms with Gasteiger partial charge in [0.2, 0.25) is 15.9 Å². The molecule has 1 atom stereocenters. The van der Waals surface area contributed by atoms with Crippen LogP contribution in [0.25, 0.3) is 5.69 Å². The topological polar surface area (TPSA) is 119 Å². The van der Waals surface area contributed by atoms with Crippen molar-refractivity contribution in [2.45, 2.75) is 45.6 Å². The van der Waals surface area contributed by atoms with E-state index in [4.69, 9.17) is 4.74 Å². The van der Waals surface area contributed by atoms with Crippen LogP contribution in [0.3, 0.4) is 0 Å². The first-order valence-electron chi connectivity index (χ1n) is 10.8. The summed E-state index contributed by atoms with van der Waals surface area (Å²) in [5.41, 5.74) is 0.326. The lowest BCUT2D eigenvalue weighted by Gasteiger charge is -2.24. The number of hydrogen-bond donors (Lipinski definition) is 2. The number of halogens is 1. The summed E-state index contributed by atoms with van der Waals surface area (Å²) >= 11 is 0. The van der Waals surface area contributed by atoms with Crippen molar-refractivity contribution in [3.05, 3.63) is 48.0 Å². The maximum Gasteiger partial charge on any atom is 0.254 e. The van der Waals surface area contributed by atoms with E-state index >= 15 is 0 Å². The molecule has 180 valence electrons. The van der Waals surface area contributed by atoms with Gasteiger partial charge in [0.1, 0.15) is 11.5 Å². The number of amides is 2. The molecule has 0 spiro atoms. The summed E-state index contributed by atoms with van der Waals surface area (Å²) in [5, 5.41) is 6.68. The van der Waals surface area contributed by atoms with Gasteiger partial charge in [0.25, 0.3) is 5.91 Å². The van der Waals surface area contributed by atoms with Gasteiger partial charge in [0.05, 0.1) is 30.0 Å². The van der Waals surface area contributed by atoms with E-state index in [1.165, 1.54) is 23.1 Å². The molecule has 9 nitrogen and oxygen atoms in total. The Balaban J connectivity index is 1.38. The van der Waals surface area contributed by atoms with Gasteiger partial charge in [-0.25, -0.2) is 17.5 Å². The number of nitrogens with zero attached hydrogens (tertiary/aromatic N) is 2. The molecule has 33 heavy (non-hydrogen) atoms. The van der Waals surface area contributed by atoms with Gasteiger partial charge in [-0.2, -0.15) is 5.10 Å². The maximum atomic E-state index is 13.8. The Morgan fingerprint density at radius 2 is 2.03 bits per heavy atom. The molecule has 0 radical (unpaired) electrons. The molecule has 1 aromatic heterocycles. The summed E-state index contributed by atoms with van der Waals surface area (Å²) in [5.74, 6) is -1.65. The Kier molecular flexibility index (Phi) is 7.85. The molecular formula is C22H29FN4O5S. The molecule has 11 heteroatoms. The molecule has 1 aliphatic heterocycles. The highest BCUT2D eigenvalue weighted by molar-refractivity contribution is 7.90. The monoisotopic (exact) mass is 480 g/mol. The number of sulfonamides is 1. The summed E-state index contributed by atoms with van der Waals surface area (Å²) in [6, 6.07) is 6.08. The standard InChI is InChI=1S/C22H29FN4O5S/c1-22(2)9-11-32-19(22)13-20(28)26-33(30,31)12-6-5-10-24-21(29)16-14-25-27(15-16)18-8-4-3-7-17(18)23/h3-4,7-8,14-15,19H,5-6,9-13H2,1-2H3,(H,24,29)(H,26,28). The van der Waals surface area contributed by atoms with Crippen LogP contribution in [0, 0.1) is 11.2 Å². The molecule has 0 bridgehead atoms. The van der Waals surface area contributed by atoms with Gasteiger partial charge >= 0.3 is 0 Å². The van der Waals surface area contributed by atoms with E-state index in [2.05, 4.69) is 15.1 Å². The molecule has 0 saturated carbocycles. The normalized spacial score (nSPS) is 17.6. The number of nitrogens with one attached hydrogen (secondary N) is 2. The van der Waals surface area contributed by atoms with Crippen molar-refractivity contribution in [2.75, 3.05) is 18.9 Å². The molecule has 1 unspecified atom stereocenters. The molecule has 1 saturated heterocycles. The second-order valence-electron chi connectivity index (χ2n) is 8.73. The van der Waals surface area contributed by atoms with Crippen molar-refractivity contribution in [3.63, 3.8) is 0 Å². The van der Waals surface area contributed by atoms with Crippen molar-refractivity contribution in [1.82, 2.24) is 19.8 Å². The summed E-state index contributed by atoms with van der Waals surface area (Å²) in [6.07, 6.45) is 3.95. The Morgan fingerprint density at radius 1 is 1.27 bits per heavy atom. The van der Waals surface area contributed by atoms with Gasteiger partial charge in [0, 0.05) is 19.3 Å². The third kappa shape index (κ3) is 6.84. The minimum absolute atomic E-state index is 0.00283. The van der Waals surface area contributed by atoms with Crippen LogP contribution in [0.1, 0.15) is 49.9 Å². The maximum absolute atomic E-state index is 13.8. The molecule has 2 aromatic rings. The first-order chi connectivity index (χ1) is 15.6. The van der Waals surface area contributed by atoms with Crippen molar-refractivity contribution in [2.24, 2.45) is 5.41 Å². The van der Waals surface area contributed by atoms with E-state index < -0.39 is 27.7 Å². The van der Waals surface area contributed by atoms with Gasteiger partial charge < -0.3 is 10.1 Å². The molecule has 0 aliphatic carbocycles. The number of hydrogen-bond acceptors (Lipinski definition) is 6. The van der Waals surface area contributed by atoms with E-state index in [1.807, 2.05) is 13.8 Å². The van der Waals surface area contributed by atoms with E-state index in [1.54, 1.807) is 18.2 Å². The third-order valence-corrected chi connectivity index (χ3v) is 7.01. The highest BCUT2D eigenvalue weighted by Gasteiger charge is 2.37. The van der Waals surface area contributed by atoms with Crippen LogP contribution in [-0.2, 0) is 19.6 Å². The van der Waals surface area contributed by atoms with Crippen LogP contribution in [0.15, 0.2) is 36.7 Å². The Labute approximate surface area is 192 Å². The van der Waals surface area contributed by atoms with Crippen LogP contribution in [0.2, 0.25) is 0 Å². The van der Waals surface area contributed by atoms with Crippen LogP contribution >= 0.6 is 0 Å². The van der Waals surface area contributed by atoms with Crippen LogP contribution in [0.4, 0.5) is 4.39 Å². The van der Waals surface area contributed by atoms with E-state index in [0.717, 1.165) is 6.42 Å². The molecule has 1 aliphatic rings. The van der Waals surface area contributed by atoms with Crippen molar-refractivity contribution in [3.8, 4) is 5.69 Å². The Bertz CT molecular complexity index is 1100. The highest BCUT2D eigenvalue weighted by Crippen LogP contribution is 2.35. The predicted molar refractivity (Wildman–Crippen MR) is 120 cm³/mol. The summed E-state index contributed by atoms with van der Waals surface area (Å²) in [7, 11) is -3.76. The second kappa shape index (κ2) is 10.4. The van der Waals surface area contributed by atoms with Crippen molar-refractivity contribution < 1.29 is 27.1 Å². The number of carbonyl (C=O) groups is 2. The number of benzene rings is 1. The van der Waals surface area contributed by atoms with Crippen LogP contribution in [0.5, 0.6) is 0 Å². The molecule has 1 aromatic carbocycles. The zero-order valence-electron chi connectivity index (χ0n) is 18.7. The van der Waals surface area contributed by atoms with Gasteiger partial charge in [0.15, 0.2) is 0 Å². The van der Waals surface area contributed by atoms with Crippen LogP contribution in [-0.4, -0.2) is 55.0 Å². The summed E-state index contributed by atoms with van der Waals surface area (Å²) < 4.78 is 47.1. The largest absolute Gasteiger partial charge is 0.377 e. The lowest BCUT2D eigenvalue weighted by molar-refractivity contribution is -0.122. The van der Waals surface area contributed by atoms with E-state index in [9.17, 15) is 22.4 Å². The highest BCUT2D eigenvalue weighted by atomic mass is 32.2. The van der Waals surface area contributed by atoms with Gasteiger partial charge in [-0.15, -0.1) is 0 Å². The molecule has 2 N–H and O–H groups in total. The second-order valence-corrected chi connectivity index (χ2v) is 10.6. The summed E-state index contributed by atoms with van der Waals surface area (Å²) in [4.78, 5) is 24.4. The minimum atomic E-state index is -3.76. The Morgan fingerprint density at radius 3 is 2.73 bits per heavy atom. The van der Waals surface area contributed by atoms with Crippen molar-refractivity contribution >= 4 is 21.8 Å². The zero-order valence-corrected chi connectivity index (χ0v) is 19.5. The summed E-state index contributed by atoms with van der Waals surface area (Å²) in [6.45, 7) is 4.79. The minimum Gasteiger partial charge on any atom is -0.377 e. The number of carbonyl (C=O) groups excluding carboxylic acids is 2. The third-order valence-electron chi connectivity index (χ3n) is 5.65. The van der Waals surface area contributed by atoms with Gasteiger partial charge in [-0.1, -0.05) is 26.0 Å². The lowest BCUT2D eigenvalue weighted by atomic mass is 9.84. The van der Waals surface area contributed by atoms with E-state index in [-0.39, 0.29) is 47.9 Å². The molecular weight excluding hydrogens is 451 g/mol. The number of para-hydroxylation sites is 1. The van der Waals surface area contributed by atoms with Crippen molar-refractivity contribution in [1.29, 1.82) is 0 Å². The lowest BCUT2D eigenvalue weighted by Crippen LogP contribution is -2.37. The van der Waals surface area contributed by atoms with Gasteiger partial charge in [-0.3, -0.25) is 14.3 Å². The Hall–Kier alpha value is -2.79. The molecule has 1 fully saturated rings. The first-order valence-corrected chi connectivity index (χ1v) is 12.5. The average Bonchev–Trinajstić information content (AvgIpc) is 3.34. The van der Waals surface area contributed by atoms with E-state index in [0.29, 0.717) is 13.0 Å². The molecule has 2 amide bonds.